The van der Waals surface area contributed by atoms with Crippen LogP contribution >= 0.6 is 15.9 Å². The molecule has 2 aliphatic heterocycles. The Balaban J connectivity index is 1.52. The van der Waals surface area contributed by atoms with Crippen molar-refractivity contribution in [3.8, 4) is 11.5 Å². The first-order valence-electron chi connectivity index (χ1n) is 9.41. The number of nitrogens with zero attached hydrogens (tertiary/aromatic N) is 3. The molecule has 2 heterocycles. The van der Waals surface area contributed by atoms with Crippen molar-refractivity contribution in [1.29, 1.82) is 0 Å². The maximum absolute atomic E-state index is 12.3. The number of rotatable bonds is 6. The number of likely N-dealkylation sites (N-methyl/N-ethyl adjacent to an activating group) is 1. The van der Waals surface area contributed by atoms with Gasteiger partial charge in [0.05, 0.1) is 6.54 Å². The Bertz CT molecular complexity index is 629. The molecule has 0 atom stereocenters. The minimum Gasteiger partial charge on any atom is -0.486 e. The fourth-order valence-corrected chi connectivity index (χ4v) is 3.89. The van der Waals surface area contributed by atoms with Crippen LogP contribution in [0.4, 0.5) is 0 Å². The van der Waals surface area contributed by atoms with Crippen molar-refractivity contribution in [2.75, 3.05) is 59.0 Å². The molecule has 26 heavy (non-hydrogen) atoms. The third kappa shape index (κ3) is 4.69. The van der Waals surface area contributed by atoms with E-state index in [1.807, 2.05) is 24.8 Å². The van der Waals surface area contributed by atoms with Crippen LogP contribution in [0.15, 0.2) is 16.6 Å². The molecule has 1 aromatic rings. The van der Waals surface area contributed by atoms with Crippen molar-refractivity contribution in [3.05, 3.63) is 22.2 Å². The van der Waals surface area contributed by atoms with Gasteiger partial charge in [-0.3, -0.25) is 14.6 Å². The Morgan fingerprint density at radius 3 is 2.23 bits per heavy atom. The highest BCUT2D eigenvalue weighted by molar-refractivity contribution is 9.10. The van der Waals surface area contributed by atoms with Crippen LogP contribution in [0.5, 0.6) is 11.5 Å². The summed E-state index contributed by atoms with van der Waals surface area (Å²) in [6.07, 6.45) is 0. The van der Waals surface area contributed by atoms with Crippen LogP contribution in [0.1, 0.15) is 19.4 Å². The molecule has 7 heteroatoms. The maximum Gasteiger partial charge on any atom is 0.236 e. The van der Waals surface area contributed by atoms with Crippen molar-refractivity contribution in [3.63, 3.8) is 0 Å². The summed E-state index contributed by atoms with van der Waals surface area (Å²) in [5, 5.41) is 0. The Labute approximate surface area is 164 Å². The van der Waals surface area contributed by atoms with E-state index in [1.165, 1.54) is 5.56 Å². The predicted octanol–water partition coefficient (Wildman–Crippen LogP) is 2.21. The lowest BCUT2D eigenvalue weighted by Crippen LogP contribution is -2.49. The van der Waals surface area contributed by atoms with Crippen LogP contribution in [-0.2, 0) is 11.3 Å². The summed E-state index contributed by atoms with van der Waals surface area (Å²) in [4.78, 5) is 18.9. The van der Waals surface area contributed by atoms with E-state index in [1.54, 1.807) is 0 Å². The van der Waals surface area contributed by atoms with E-state index in [0.29, 0.717) is 19.8 Å². The summed E-state index contributed by atoms with van der Waals surface area (Å²) in [5.41, 5.74) is 1.21. The molecule has 3 rings (SSSR count). The number of benzene rings is 1. The minimum atomic E-state index is 0.234. The molecule has 0 N–H and O–H groups in total. The number of ether oxygens (including phenoxy) is 2. The monoisotopic (exact) mass is 425 g/mol. The largest absolute Gasteiger partial charge is 0.486 e. The molecular weight excluding hydrogens is 398 g/mol. The molecule has 0 unspecified atom stereocenters. The number of fused-ring (bicyclic) bond motifs is 1. The van der Waals surface area contributed by atoms with Gasteiger partial charge in [-0.1, -0.05) is 15.9 Å². The average Bonchev–Trinajstić information content (AvgIpc) is 2.65. The summed E-state index contributed by atoms with van der Waals surface area (Å²) in [5.74, 6) is 1.88. The van der Waals surface area contributed by atoms with Gasteiger partial charge in [-0.15, -0.1) is 0 Å². The normalized spacial score (nSPS) is 18.0. The molecule has 1 amide bonds. The highest BCUT2D eigenvalue weighted by Crippen LogP contribution is 2.36. The third-order valence-electron chi connectivity index (χ3n) is 5.05. The summed E-state index contributed by atoms with van der Waals surface area (Å²) in [6.45, 7) is 12.0. The number of halogens is 1. The molecule has 0 saturated carbocycles. The van der Waals surface area contributed by atoms with Gasteiger partial charge in [0, 0.05) is 50.3 Å². The SMILES string of the molecule is CCN(CC)C(=O)CN1CCN(Cc2cc3c(cc2Br)OCCO3)CC1. The molecule has 1 fully saturated rings. The highest BCUT2D eigenvalue weighted by Gasteiger charge is 2.22. The Morgan fingerprint density at radius 2 is 1.62 bits per heavy atom. The van der Waals surface area contributed by atoms with Gasteiger partial charge in [0.2, 0.25) is 5.91 Å². The van der Waals surface area contributed by atoms with E-state index in [0.717, 1.165) is 61.8 Å². The lowest BCUT2D eigenvalue weighted by atomic mass is 10.1. The van der Waals surface area contributed by atoms with E-state index >= 15 is 0 Å². The van der Waals surface area contributed by atoms with Gasteiger partial charge in [0.25, 0.3) is 0 Å². The van der Waals surface area contributed by atoms with Gasteiger partial charge in [0.1, 0.15) is 13.2 Å². The molecule has 0 spiro atoms. The Morgan fingerprint density at radius 1 is 1.04 bits per heavy atom. The third-order valence-corrected chi connectivity index (χ3v) is 5.78. The lowest BCUT2D eigenvalue weighted by molar-refractivity contribution is -0.132. The smallest absolute Gasteiger partial charge is 0.236 e. The topological polar surface area (TPSA) is 45.3 Å². The average molecular weight is 426 g/mol. The molecule has 0 aliphatic carbocycles. The first-order valence-corrected chi connectivity index (χ1v) is 10.2. The van der Waals surface area contributed by atoms with E-state index in [2.05, 4.69) is 31.8 Å². The van der Waals surface area contributed by atoms with Gasteiger partial charge in [-0.2, -0.15) is 0 Å². The van der Waals surface area contributed by atoms with Crippen LogP contribution in [0.2, 0.25) is 0 Å². The number of hydrogen-bond donors (Lipinski definition) is 0. The quantitative estimate of drug-likeness (QED) is 0.698. The Hall–Kier alpha value is -1.31. The first-order chi connectivity index (χ1) is 12.6. The van der Waals surface area contributed by atoms with Crippen molar-refractivity contribution in [1.82, 2.24) is 14.7 Å². The van der Waals surface area contributed by atoms with Crippen LogP contribution in [-0.4, -0.2) is 79.6 Å². The van der Waals surface area contributed by atoms with Gasteiger partial charge in [-0.05, 0) is 31.5 Å². The van der Waals surface area contributed by atoms with Crippen LogP contribution in [0.3, 0.4) is 0 Å². The van der Waals surface area contributed by atoms with Crippen molar-refractivity contribution in [2.24, 2.45) is 0 Å². The number of carbonyl (C=O) groups is 1. The zero-order valence-electron chi connectivity index (χ0n) is 15.7. The van der Waals surface area contributed by atoms with Crippen LogP contribution in [0, 0.1) is 0 Å². The van der Waals surface area contributed by atoms with Crippen molar-refractivity contribution >= 4 is 21.8 Å². The van der Waals surface area contributed by atoms with Gasteiger partial charge in [0.15, 0.2) is 11.5 Å². The minimum absolute atomic E-state index is 0.234. The van der Waals surface area contributed by atoms with E-state index < -0.39 is 0 Å². The molecule has 0 aromatic heterocycles. The van der Waals surface area contributed by atoms with E-state index in [4.69, 9.17) is 9.47 Å². The molecule has 2 aliphatic rings. The predicted molar refractivity (Wildman–Crippen MR) is 105 cm³/mol. The summed E-state index contributed by atoms with van der Waals surface area (Å²) in [7, 11) is 0. The number of hydrogen-bond acceptors (Lipinski definition) is 5. The van der Waals surface area contributed by atoms with Gasteiger partial charge < -0.3 is 14.4 Å². The summed E-state index contributed by atoms with van der Waals surface area (Å²) in [6, 6.07) is 4.08. The molecule has 1 aromatic carbocycles. The molecule has 0 bridgehead atoms. The number of amides is 1. The van der Waals surface area contributed by atoms with Crippen molar-refractivity contribution in [2.45, 2.75) is 20.4 Å². The van der Waals surface area contributed by atoms with E-state index in [9.17, 15) is 4.79 Å². The van der Waals surface area contributed by atoms with E-state index in [-0.39, 0.29) is 5.91 Å². The zero-order valence-corrected chi connectivity index (χ0v) is 17.3. The highest BCUT2D eigenvalue weighted by atomic mass is 79.9. The zero-order chi connectivity index (χ0) is 18.5. The molecule has 1 saturated heterocycles. The first kappa shape index (κ1) is 19.5. The number of carbonyl (C=O) groups excluding carboxylic acids is 1. The molecule has 0 radical (unpaired) electrons. The molecular formula is C19H28BrN3O3. The fraction of sp³-hybridized carbons (Fsp3) is 0.632. The maximum atomic E-state index is 12.3. The van der Waals surface area contributed by atoms with Gasteiger partial charge >= 0.3 is 0 Å². The van der Waals surface area contributed by atoms with Crippen molar-refractivity contribution < 1.29 is 14.3 Å². The van der Waals surface area contributed by atoms with Crippen LogP contribution < -0.4 is 9.47 Å². The van der Waals surface area contributed by atoms with Crippen LogP contribution in [0.25, 0.3) is 0 Å². The second kappa shape index (κ2) is 9.06. The summed E-state index contributed by atoms with van der Waals surface area (Å²) < 4.78 is 12.4. The molecule has 144 valence electrons. The fourth-order valence-electron chi connectivity index (χ4n) is 3.44. The second-order valence-electron chi connectivity index (χ2n) is 6.71. The summed E-state index contributed by atoms with van der Waals surface area (Å²) >= 11 is 3.66. The second-order valence-corrected chi connectivity index (χ2v) is 7.56. The molecule has 6 nitrogen and oxygen atoms in total. The van der Waals surface area contributed by atoms with Gasteiger partial charge in [-0.25, -0.2) is 0 Å². The number of piperazine rings is 1. The lowest BCUT2D eigenvalue weighted by Gasteiger charge is -2.35. The Kier molecular flexibility index (Phi) is 6.78. The standard InChI is InChI=1S/C19H28BrN3O3/c1-3-23(4-2)19(24)14-22-7-5-21(6-8-22)13-15-11-17-18(12-16(15)20)26-10-9-25-17/h11-12H,3-10,13-14H2,1-2H3.